The smallest absolute Gasteiger partial charge is 0.270 e. The van der Waals surface area contributed by atoms with E-state index in [2.05, 4.69) is 31.2 Å². The fourth-order valence-electron chi connectivity index (χ4n) is 2.22. The number of benzene rings is 2. The molecular weight excluding hydrogens is 463 g/mol. The van der Waals surface area contributed by atoms with Crippen molar-refractivity contribution in [1.82, 2.24) is 9.97 Å². The van der Waals surface area contributed by atoms with E-state index in [1.54, 1.807) is 12.1 Å². The number of amides is 1. The van der Waals surface area contributed by atoms with E-state index in [9.17, 15) is 14.9 Å². The van der Waals surface area contributed by atoms with E-state index in [0.717, 1.165) is 0 Å². The minimum Gasteiger partial charge on any atom is -0.467 e. The first-order valence-electron chi connectivity index (χ1n) is 7.31. The molecule has 11 heteroatoms. The highest BCUT2D eigenvalue weighted by Crippen LogP contribution is 2.31. The number of rotatable bonds is 5. The van der Waals surface area contributed by atoms with Crippen LogP contribution in [0.4, 0.5) is 11.4 Å². The number of non-ortho nitro benzene ring substituents is 1. The molecule has 1 heterocycles. The summed E-state index contributed by atoms with van der Waals surface area (Å²) in [5.41, 5.74) is 0.717. The Bertz CT molecular complexity index is 1060. The molecule has 0 radical (unpaired) electrons. The van der Waals surface area contributed by atoms with Crippen molar-refractivity contribution in [3.63, 3.8) is 0 Å². The maximum Gasteiger partial charge on any atom is 0.270 e. The van der Waals surface area contributed by atoms with Gasteiger partial charge in [-0.3, -0.25) is 14.9 Å². The van der Waals surface area contributed by atoms with E-state index < -0.39 is 10.8 Å². The van der Waals surface area contributed by atoms with Gasteiger partial charge < -0.3 is 10.1 Å². The number of carbonyl (C=O) groups is 1. The van der Waals surface area contributed by atoms with Crippen LogP contribution in [-0.2, 0) is 4.79 Å². The third-order valence-electron chi connectivity index (χ3n) is 3.40. The average Bonchev–Trinajstić information content (AvgIpc) is 2.61. The van der Waals surface area contributed by atoms with E-state index in [1.807, 2.05) is 0 Å². The SMILES string of the molecule is O=C(COc1ncnc2c(Cl)cc(Cl)cc12)Nc1ccc([N+](=O)[O-])cc1Br. The van der Waals surface area contributed by atoms with Gasteiger partial charge in [0.15, 0.2) is 6.61 Å². The van der Waals surface area contributed by atoms with Crippen molar-refractivity contribution >= 4 is 67.3 Å². The third-order valence-corrected chi connectivity index (χ3v) is 4.56. The van der Waals surface area contributed by atoms with Crippen molar-refractivity contribution in [2.75, 3.05) is 11.9 Å². The molecule has 138 valence electrons. The van der Waals surface area contributed by atoms with Crippen molar-refractivity contribution in [1.29, 1.82) is 0 Å². The van der Waals surface area contributed by atoms with E-state index in [-0.39, 0.29) is 18.2 Å². The molecule has 27 heavy (non-hydrogen) atoms. The molecule has 0 fully saturated rings. The monoisotopic (exact) mass is 470 g/mol. The zero-order valence-electron chi connectivity index (χ0n) is 13.3. The van der Waals surface area contributed by atoms with Gasteiger partial charge in [-0.2, -0.15) is 0 Å². The summed E-state index contributed by atoms with van der Waals surface area (Å²) in [6, 6.07) is 7.12. The van der Waals surface area contributed by atoms with Crippen molar-refractivity contribution in [3.8, 4) is 5.88 Å². The van der Waals surface area contributed by atoms with Crippen LogP contribution in [0, 0.1) is 10.1 Å². The number of anilines is 1. The third kappa shape index (κ3) is 4.44. The van der Waals surface area contributed by atoms with Crippen LogP contribution in [-0.4, -0.2) is 27.4 Å². The van der Waals surface area contributed by atoms with Crippen LogP contribution in [0.15, 0.2) is 41.1 Å². The van der Waals surface area contributed by atoms with Gasteiger partial charge in [0.1, 0.15) is 6.33 Å². The highest BCUT2D eigenvalue weighted by Gasteiger charge is 2.14. The highest BCUT2D eigenvalue weighted by atomic mass is 79.9. The maximum absolute atomic E-state index is 12.1. The summed E-state index contributed by atoms with van der Waals surface area (Å²) in [5, 5.41) is 14.5. The normalized spacial score (nSPS) is 10.6. The number of fused-ring (bicyclic) bond motifs is 1. The molecular formula is C16H9BrCl2N4O4. The lowest BCUT2D eigenvalue weighted by atomic mass is 10.2. The van der Waals surface area contributed by atoms with Crippen molar-refractivity contribution in [2.45, 2.75) is 0 Å². The number of hydrogen-bond donors (Lipinski definition) is 1. The average molecular weight is 472 g/mol. The minimum atomic E-state index is -0.532. The van der Waals surface area contributed by atoms with E-state index in [4.69, 9.17) is 27.9 Å². The van der Waals surface area contributed by atoms with Gasteiger partial charge in [-0.05, 0) is 34.1 Å². The lowest BCUT2D eigenvalue weighted by molar-refractivity contribution is -0.384. The quantitative estimate of drug-likeness (QED) is 0.429. The minimum absolute atomic E-state index is 0.0997. The number of hydrogen-bond acceptors (Lipinski definition) is 6. The highest BCUT2D eigenvalue weighted by molar-refractivity contribution is 9.10. The number of halogens is 3. The van der Waals surface area contributed by atoms with Gasteiger partial charge in [0.05, 0.1) is 26.5 Å². The Labute approximate surface area is 170 Å². The topological polar surface area (TPSA) is 107 Å². The fraction of sp³-hybridized carbons (Fsp3) is 0.0625. The van der Waals surface area contributed by atoms with Crippen LogP contribution in [0.2, 0.25) is 10.0 Å². The van der Waals surface area contributed by atoms with Crippen LogP contribution < -0.4 is 10.1 Å². The lowest BCUT2D eigenvalue weighted by Gasteiger charge is -2.10. The number of nitrogens with one attached hydrogen (secondary N) is 1. The Morgan fingerprint density at radius 2 is 2.04 bits per heavy atom. The molecule has 8 nitrogen and oxygen atoms in total. The van der Waals surface area contributed by atoms with E-state index in [0.29, 0.717) is 31.1 Å². The Hall–Kier alpha value is -2.49. The van der Waals surface area contributed by atoms with Crippen LogP contribution in [0.25, 0.3) is 10.9 Å². The summed E-state index contributed by atoms with van der Waals surface area (Å²) in [4.78, 5) is 30.4. The predicted molar refractivity (Wildman–Crippen MR) is 104 cm³/mol. The summed E-state index contributed by atoms with van der Waals surface area (Å²) in [6.07, 6.45) is 1.27. The second-order valence-electron chi connectivity index (χ2n) is 5.22. The molecule has 0 spiro atoms. The standard InChI is InChI=1S/C16H9BrCl2N4O4/c17-11-5-9(23(25)26)1-2-13(11)22-14(24)6-27-16-10-3-8(18)4-12(19)15(10)20-7-21-16/h1-5,7H,6H2,(H,22,24). The number of carbonyl (C=O) groups excluding carboxylic acids is 1. The second-order valence-corrected chi connectivity index (χ2v) is 6.92. The molecule has 0 saturated carbocycles. The molecule has 0 aliphatic carbocycles. The molecule has 3 rings (SSSR count). The number of nitro groups is 1. The zero-order chi connectivity index (χ0) is 19.6. The van der Waals surface area contributed by atoms with Crippen LogP contribution in [0.5, 0.6) is 5.88 Å². The molecule has 1 N–H and O–H groups in total. The lowest BCUT2D eigenvalue weighted by Crippen LogP contribution is -2.20. The fourth-order valence-corrected chi connectivity index (χ4v) is 3.23. The van der Waals surface area contributed by atoms with Gasteiger partial charge in [-0.25, -0.2) is 9.97 Å². The first-order chi connectivity index (χ1) is 12.8. The molecule has 0 atom stereocenters. The van der Waals surface area contributed by atoms with Crippen LogP contribution >= 0.6 is 39.1 Å². The zero-order valence-corrected chi connectivity index (χ0v) is 16.4. The molecule has 3 aromatic rings. The molecule has 0 aliphatic heterocycles. The Balaban J connectivity index is 1.73. The first kappa shape index (κ1) is 19.3. The molecule has 2 aromatic carbocycles. The molecule has 0 unspecified atom stereocenters. The molecule has 1 amide bonds. The molecule has 0 saturated heterocycles. The van der Waals surface area contributed by atoms with Gasteiger partial charge in [-0.1, -0.05) is 23.2 Å². The summed E-state index contributed by atoms with van der Waals surface area (Å²) in [7, 11) is 0. The Kier molecular flexibility index (Phi) is 5.73. The summed E-state index contributed by atoms with van der Waals surface area (Å²) in [5.74, 6) is -0.327. The predicted octanol–water partition coefficient (Wildman–Crippen LogP) is 4.62. The molecule has 1 aromatic heterocycles. The van der Waals surface area contributed by atoms with E-state index in [1.165, 1.54) is 24.5 Å². The van der Waals surface area contributed by atoms with Gasteiger partial charge >= 0.3 is 0 Å². The molecule has 0 bridgehead atoms. The van der Waals surface area contributed by atoms with Crippen molar-refractivity contribution in [3.05, 3.63) is 61.3 Å². The Morgan fingerprint density at radius 3 is 2.74 bits per heavy atom. The summed E-state index contributed by atoms with van der Waals surface area (Å²) >= 11 is 15.3. The summed E-state index contributed by atoms with van der Waals surface area (Å²) < 4.78 is 5.83. The van der Waals surface area contributed by atoms with Gasteiger partial charge in [0, 0.05) is 21.6 Å². The van der Waals surface area contributed by atoms with Crippen LogP contribution in [0.3, 0.4) is 0 Å². The number of nitrogens with zero attached hydrogens (tertiary/aromatic N) is 3. The largest absolute Gasteiger partial charge is 0.467 e. The maximum atomic E-state index is 12.1. The number of aromatic nitrogens is 2. The summed E-state index contributed by atoms with van der Waals surface area (Å²) in [6.45, 7) is -0.348. The van der Waals surface area contributed by atoms with Crippen LogP contribution in [0.1, 0.15) is 0 Å². The second kappa shape index (κ2) is 8.03. The number of ether oxygens (including phenoxy) is 1. The number of nitro benzene ring substituents is 1. The van der Waals surface area contributed by atoms with Crippen molar-refractivity contribution < 1.29 is 14.5 Å². The Morgan fingerprint density at radius 1 is 1.26 bits per heavy atom. The van der Waals surface area contributed by atoms with Gasteiger partial charge in [0.2, 0.25) is 5.88 Å². The van der Waals surface area contributed by atoms with Gasteiger partial charge in [-0.15, -0.1) is 0 Å². The molecule has 0 aliphatic rings. The van der Waals surface area contributed by atoms with Crippen molar-refractivity contribution in [2.24, 2.45) is 0 Å². The first-order valence-corrected chi connectivity index (χ1v) is 8.86. The van der Waals surface area contributed by atoms with Gasteiger partial charge in [0.25, 0.3) is 11.6 Å². The van der Waals surface area contributed by atoms with E-state index >= 15 is 0 Å².